The predicted molar refractivity (Wildman–Crippen MR) is 53.7 cm³/mol. The van der Waals surface area contributed by atoms with Crippen LogP contribution in [0.25, 0.3) is 0 Å². The monoisotopic (exact) mass is 189 g/mol. The van der Waals surface area contributed by atoms with Crippen molar-refractivity contribution in [3.63, 3.8) is 0 Å². The average Bonchev–Trinajstić information content (AvgIpc) is 1.83. The van der Waals surface area contributed by atoms with Gasteiger partial charge in [0.1, 0.15) is 0 Å². The van der Waals surface area contributed by atoms with Gasteiger partial charge in [-0.15, -0.1) is 0 Å². The van der Waals surface area contributed by atoms with Crippen LogP contribution in [0.15, 0.2) is 0 Å². The molecule has 2 atom stereocenters. The van der Waals surface area contributed by atoms with Crippen molar-refractivity contribution in [1.82, 2.24) is 5.32 Å². The molecule has 0 aliphatic carbocycles. The lowest BCUT2D eigenvalue weighted by Crippen LogP contribution is -2.55. The van der Waals surface area contributed by atoms with Crippen molar-refractivity contribution in [2.45, 2.75) is 38.5 Å². The van der Waals surface area contributed by atoms with Crippen molar-refractivity contribution in [2.75, 3.05) is 12.3 Å². The van der Waals surface area contributed by atoms with Crippen LogP contribution in [-0.2, 0) is 10.8 Å². The summed E-state index contributed by atoms with van der Waals surface area (Å²) < 4.78 is 11.7. The molecule has 0 aromatic carbocycles. The fourth-order valence-corrected chi connectivity index (χ4v) is 3.43. The third kappa shape index (κ3) is 2.30. The highest BCUT2D eigenvalue weighted by atomic mass is 32.2. The zero-order valence-corrected chi connectivity index (χ0v) is 9.20. The first-order valence-electron chi connectivity index (χ1n) is 4.54. The fraction of sp³-hybridized carbons (Fsp3) is 1.00. The maximum Gasteiger partial charge on any atom is 0.0496 e. The van der Waals surface area contributed by atoms with Gasteiger partial charge in [0.25, 0.3) is 0 Å². The zero-order valence-electron chi connectivity index (χ0n) is 8.39. The van der Waals surface area contributed by atoms with Crippen LogP contribution in [-0.4, -0.2) is 27.3 Å². The molecule has 0 bridgehead atoms. The first-order valence-corrected chi connectivity index (χ1v) is 5.93. The Balaban J connectivity index is 2.60. The molecule has 1 aliphatic rings. The minimum Gasteiger partial charge on any atom is -0.310 e. The first-order chi connectivity index (χ1) is 5.42. The van der Waals surface area contributed by atoms with Crippen molar-refractivity contribution in [2.24, 2.45) is 5.92 Å². The van der Waals surface area contributed by atoms with Crippen LogP contribution in [0.3, 0.4) is 0 Å². The summed E-state index contributed by atoms with van der Waals surface area (Å²) in [6.07, 6.45) is 0. The average molecular weight is 189 g/mol. The molecule has 0 amide bonds. The van der Waals surface area contributed by atoms with Crippen molar-refractivity contribution in [3.05, 3.63) is 0 Å². The summed E-state index contributed by atoms with van der Waals surface area (Å²) in [5.41, 5.74) is 0.0657. The third-order valence-electron chi connectivity index (χ3n) is 2.37. The van der Waals surface area contributed by atoms with Gasteiger partial charge in [-0.2, -0.15) is 0 Å². The molecule has 1 aliphatic heterocycles. The van der Waals surface area contributed by atoms with E-state index in [-0.39, 0.29) is 5.54 Å². The quantitative estimate of drug-likeness (QED) is 0.670. The Kier molecular flexibility index (Phi) is 2.94. The summed E-state index contributed by atoms with van der Waals surface area (Å²) in [7, 11) is -0.640. The van der Waals surface area contributed by atoms with Gasteiger partial charge >= 0.3 is 0 Å². The molecular formula is C9H19NOS. The van der Waals surface area contributed by atoms with E-state index in [0.29, 0.717) is 11.2 Å². The lowest BCUT2D eigenvalue weighted by Gasteiger charge is -2.36. The van der Waals surface area contributed by atoms with Crippen molar-refractivity contribution < 1.29 is 4.21 Å². The van der Waals surface area contributed by atoms with Gasteiger partial charge in [-0.1, -0.05) is 13.8 Å². The molecule has 72 valence electrons. The second-order valence-electron chi connectivity index (χ2n) is 4.57. The standard InChI is InChI=1S/C9H19NOS/c1-7(2)8-5-10-9(3,4)6-12(8)11/h7-8,10H,5-6H2,1-4H3. The molecule has 1 N–H and O–H groups in total. The molecule has 0 aromatic heterocycles. The first kappa shape index (κ1) is 10.2. The molecule has 1 saturated heterocycles. The number of nitrogens with one attached hydrogen (secondary N) is 1. The van der Waals surface area contributed by atoms with E-state index in [4.69, 9.17) is 0 Å². The van der Waals surface area contributed by atoms with E-state index in [1.807, 2.05) is 0 Å². The summed E-state index contributed by atoms with van der Waals surface area (Å²) in [6.45, 7) is 9.41. The van der Waals surface area contributed by atoms with E-state index in [2.05, 4.69) is 33.0 Å². The highest BCUT2D eigenvalue weighted by Gasteiger charge is 2.33. The van der Waals surface area contributed by atoms with Crippen molar-refractivity contribution in [1.29, 1.82) is 0 Å². The molecule has 2 unspecified atom stereocenters. The maximum atomic E-state index is 11.7. The topological polar surface area (TPSA) is 29.1 Å². The highest BCUT2D eigenvalue weighted by molar-refractivity contribution is 7.85. The number of hydrogen-bond acceptors (Lipinski definition) is 2. The summed E-state index contributed by atoms with van der Waals surface area (Å²) in [5.74, 6) is 1.31. The van der Waals surface area contributed by atoms with E-state index in [1.54, 1.807) is 0 Å². The van der Waals surface area contributed by atoms with Gasteiger partial charge in [-0.3, -0.25) is 4.21 Å². The summed E-state index contributed by atoms with van der Waals surface area (Å²) in [4.78, 5) is 0. The van der Waals surface area contributed by atoms with Crippen LogP contribution in [0, 0.1) is 5.92 Å². The van der Waals surface area contributed by atoms with E-state index < -0.39 is 10.8 Å². The van der Waals surface area contributed by atoms with Crippen LogP contribution in [0.1, 0.15) is 27.7 Å². The Morgan fingerprint density at radius 1 is 1.50 bits per heavy atom. The van der Waals surface area contributed by atoms with E-state index in [1.165, 1.54) is 0 Å². The highest BCUT2D eigenvalue weighted by Crippen LogP contribution is 2.19. The van der Waals surface area contributed by atoms with E-state index in [0.717, 1.165) is 12.3 Å². The summed E-state index contributed by atoms with van der Waals surface area (Å²) in [5, 5.41) is 3.77. The van der Waals surface area contributed by atoms with Crippen LogP contribution in [0.5, 0.6) is 0 Å². The Bertz CT molecular complexity index is 189. The minimum absolute atomic E-state index is 0.0657. The molecular weight excluding hydrogens is 170 g/mol. The molecule has 2 nitrogen and oxygen atoms in total. The molecule has 12 heavy (non-hydrogen) atoms. The zero-order chi connectivity index (χ0) is 9.35. The number of hydrogen-bond donors (Lipinski definition) is 1. The Morgan fingerprint density at radius 2 is 2.08 bits per heavy atom. The van der Waals surface area contributed by atoms with Gasteiger partial charge in [-0.25, -0.2) is 0 Å². The SMILES string of the molecule is CC(C)C1CNC(C)(C)CS1=O. The predicted octanol–water partition coefficient (Wildman–Crippen LogP) is 1.14. The van der Waals surface area contributed by atoms with Crippen LogP contribution in [0.2, 0.25) is 0 Å². The van der Waals surface area contributed by atoms with Crippen LogP contribution in [0.4, 0.5) is 0 Å². The van der Waals surface area contributed by atoms with E-state index >= 15 is 0 Å². The van der Waals surface area contributed by atoms with Gasteiger partial charge in [0.2, 0.25) is 0 Å². The Morgan fingerprint density at radius 3 is 2.50 bits per heavy atom. The lowest BCUT2D eigenvalue weighted by molar-refractivity contribution is 0.386. The Labute approximate surface area is 77.6 Å². The second-order valence-corrected chi connectivity index (χ2v) is 6.23. The molecule has 1 fully saturated rings. The smallest absolute Gasteiger partial charge is 0.0496 e. The lowest BCUT2D eigenvalue weighted by atomic mass is 10.1. The van der Waals surface area contributed by atoms with Crippen molar-refractivity contribution >= 4 is 10.8 Å². The van der Waals surface area contributed by atoms with Gasteiger partial charge in [0, 0.05) is 33.9 Å². The van der Waals surface area contributed by atoms with E-state index in [9.17, 15) is 4.21 Å². The molecule has 0 aromatic rings. The number of rotatable bonds is 1. The summed E-state index contributed by atoms with van der Waals surface area (Å²) in [6, 6.07) is 0. The van der Waals surface area contributed by atoms with Gasteiger partial charge in [0.05, 0.1) is 0 Å². The maximum absolute atomic E-state index is 11.7. The van der Waals surface area contributed by atoms with Crippen LogP contribution < -0.4 is 5.32 Å². The van der Waals surface area contributed by atoms with Gasteiger partial charge < -0.3 is 5.32 Å². The Hall–Kier alpha value is 0.110. The molecule has 0 radical (unpaired) electrons. The minimum atomic E-state index is -0.640. The molecule has 1 heterocycles. The third-order valence-corrected chi connectivity index (χ3v) is 4.76. The van der Waals surface area contributed by atoms with Gasteiger partial charge in [-0.05, 0) is 19.8 Å². The molecule has 0 saturated carbocycles. The molecule has 0 spiro atoms. The van der Waals surface area contributed by atoms with Crippen LogP contribution >= 0.6 is 0 Å². The molecule has 3 heteroatoms. The van der Waals surface area contributed by atoms with Gasteiger partial charge in [0.15, 0.2) is 0 Å². The fourth-order valence-electron chi connectivity index (χ4n) is 1.52. The summed E-state index contributed by atoms with van der Waals surface area (Å²) >= 11 is 0. The largest absolute Gasteiger partial charge is 0.310 e. The second kappa shape index (κ2) is 3.46. The normalized spacial score (nSPS) is 35.4. The molecule has 1 rings (SSSR count). The van der Waals surface area contributed by atoms with Crippen molar-refractivity contribution in [3.8, 4) is 0 Å².